The first kappa shape index (κ1) is 19.4. The van der Waals surface area contributed by atoms with Gasteiger partial charge in [-0.05, 0) is 60.4 Å². The van der Waals surface area contributed by atoms with Crippen LogP contribution < -0.4 is 4.74 Å². The highest BCUT2D eigenvalue weighted by molar-refractivity contribution is 5.89. The van der Waals surface area contributed by atoms with Gasteiger partial charge in [-0.3, -0.25) is 0 Å². The van der Waals surface area contributed by atoms with E-state index in [-0.39, 0.29) is 6.61 Å². The number of benzene rings is 2. The lowest BCUT2D eigenvalue weighted by molar-refractivity contribution is -0.130. The van der Waals surface area contributed by atoms with Crippen LogP contribution in [0.3, 0.4) is 0 Å². The van der Waals surface area contributed by atoms with E-state index in [1.165, 1.54) is 37.7 Å². The molecular formula is C24H28O3. The molecule has 0 aliphatic heterocycles. The van der Waals surface area contributed by atoms with Crippen molar-refractivity contribution in [2.45, 2.75) is 51.4 Å². The third kappa shape index (κ3) is 4.86. The molecule has 0 unspecified atom stereocenters. The summed E-state index contributed by atoms with van der Waals surface area (Å²) < 4.78 is 5.49. The Kier molecular flexibility index (Phi) is 6.46. The number of hydrogen-bond donors (Lipinski definition) is 1. The van der Waals surface area contributed by atoms with Gasteiger partial charge in [0.1, 0.15) is 5.75 Å². The Bertz CT molecular complexity index is 799. The van der Waals surface area contributed by atoms with E-state index in [2.05, 4.69) is 30.8 Å². The van der Waals surface area contributed by atoms with E-state index in [9.17, 15) is 9.90 Å². The molecule has 0 spiro atoms. The van der Waals surface area contributed by atoms with E-state index in [1.807, 2.05) is 18.2 Å². The fourth-order valence-corrected chi connectivity index (χ4v) is 3.73. The van der Waals surface area contributed by atoms with Crippen LogP contribution in [0.4, 0.5) is 0 Å². The molecule has 1 aliphatic carbocycles. The molecule has 1 aliphatic rings. The number of aliphatic hydroxyl groups is 1. The van der Waals surface area contributed by atoms with E-state index >= 15 is 0 Å². The van der Waals surface area contributed by atoms with Gasteiger partial charge in [-0.2, -0.15) is 0 Å². The highest BCUT2D eigenvalue weighted by Gasteiger charge is 2.16. The quantitative estimate of drug-likeness (QED) is 0.423. The number of carbonyl (C=O) groups excluding carboxylic acids is 1. The second-order valence-electron chi connectivity index (χ2n) is 7.42. The predicted octanol–water partition coefficient (Wildman–Crippen LogP) is 5.42. The van der Waals surface area contributed by atoms with Gasteiger partial charge in [0.15, 0.2) is 0 Å². The van der Waals surface area contributed by atoms with E-state index in [1.54, 1.807) is 6.92 Å². The summed E-state index contributed by atoms with van der Waals surface area (Å²) in [6, 6.07) is 14.6. The van der Waals surface area contributed by atoms with Gasteiger partial charge in [-0.1, -0.05) is 62.2 Å². The van der Waals surface area contributed by atoms with Gasteiger partial charge in [-0.25, -0.2) is 4.79 Å². The summed E-state index contributed by atoms with van der Waals surface area (Å²) in [5.41, 5.74) is 4.68. The van der Waals surface area contributed by atoms with Crippen molar-refractivity contribution in [1.82, 2.24) is 0 Å². The zero-order valence-electron chi connectivity index (χ0n) is 16.0. The van der Waals surface area contributed by atoms with E-state index in [4.69, 9.17) is 4.74 Å². The standard InChI is InChI=1S/C24H28O3/c1-17(2)24(26)27-23-16-22(13-12-21(23)14-15-25)20-10-8-19(9-11-20)18-6-4-3-5-7-18/h8-13,16,18,25H,1,3-7,14-15H2,2H3. The minimum Gasteiger partial charge on any atom is -0.423 e. The van der Waals surface area contributed by atoms with Crippen molar-refractivity contribution in [1.29, 1.82) is 0 Å². The monoisotopic (exact) mass is 364 g/mol. The Labute approximate surface area is 161 Å². The summed E-state index contributed by atoms with van der Waals surface area (Å²) in [6.07, 6.45) is 7.04. The van der Waals surface area contributed by atoms with Gasteiger partial charge in [-0.15, -0.1) is 0 Å². The van der Waals surface area contributed by atoms with Crippen LogP contribution in [0.2, 0.25) is 0 Å². The molecule has 0 amide bonds. The van der Waals surface area contributed by atoms with Crippen LogP contribution in [0.1, 0.15) is 56.1 Å². The topological polar surface area (TPSA) is 46.5 Å². The maximum atomic E-state index is 12.0. The molecule has 1 fully saturated rings. The Balaban J connectivity index is 1.84. The van der Waals surface area contributed by atoms with Gasteiger partial charge < -0.3 is 9.84 Å². The zero-order valence-corrected chi connectivity index (χ0v) is 16.0. The van der Waals surface area contributed by atoms with Gasteiger partial charge in [0.2, 0.25) is 0 Å². The average Bonchev–Trinajstić information content (AvgIpc) is 2.70. The SMILES string of the molecule is C=C(C)C(=O)Oc1cc(-c2ccc(C3CCCCC3)cc2)ccc1CCO. The van der Waals surface area contributed by atoms with E-state index in [0.717, 1.165) is 16.7 Å². The van der Waals surface area contributed by atoms with Crippen LogP contribution in [0.25, 0.3) is 11.1 Å². The smallest absolute Gasteiger partial charge is 0.338 e. The van der Waals surface area contributed by atoms with Crippen LogP contribution in [0, 0.1) is 0 Å². The second kappa shape index (κ2) is 9.01. The second-order valence-corrected chi connectivity index (χ2v) is 7.42. The molecular weight excluding hydrogens is 336 g/mol. The van der Waals surface area contributed by atoms with Crippen LogP contribution in [-0.4, -0.2) is 17.7 Å². The first-order valence-electron chi connectivity index (χ1n) is 9.80. The Morgan fingerprint density at radius 2 is 1.74 bits per heavy atom. The number of esters is 1. The molecule has 142 valence electrons. The number of carbonyl (C=O) groups is 1. The fraction of sp³-hybridized carbons (Fsp3) is 0.375. The number of hydrogen-bond acceptors (Lipinski definition) is 3. The zero-order chi connectivity index (χ0) is 19.2. The number of aliphatic hydroxyl groups excluding tert-OH is 1. The highest BCUT2D eigenvalue weighted by atomic mass is 16.5. The molecule has 3 rings (SSSR count). The Morgan fingerprint density at radius 1 is 1.07 bits per heavy atom. The molecule has 2 aromatic carbocycles. The lowest BCUT2D eigenvalue weighted by atomic mass is 9.83. The molecule has 2 aromatic rings. The highest BCUT2D eigenvalue weighted by Crippen LogP contribution is 2.34. The lowest BCUT2D eigenvalue weighted by Crippen LogP contribution is -2.10. The van der Waals surface area contributed by atoms with Crippen molar-refractivity contribution >= 4 is 5.97 Å². The minimum atomic E-state index is -0.445. The number of rotatable bonds is 6. The van der Waals surface area contributed by atoms with Crippen LogP contribution in [0.15, 0.2) is 54.6 Å². The lowest BCUT2D eigenvalue weighted by Gasteiger charge is -2.22. The third-order valence-corrected chi connectivity index (χ3v) is 5.32. The summed E-state index contributed by atoms with van der Waals surface area (Å²) >= 11 is 0. The molecule has 0 saturated heterocycles. The Hall–Kier alpha value is -2.39. The maximum absolute atomic E-state index is 12.0. The van der Waals surface area contributed by atoms with Crippen LogP contribution in [0.5, 0.6) is 5.75 Å². The van der Waals surface area contributed by atoms with Gasteiger partial charge >= 0.3 is 5.97 Å². The molecule has 0 aromatic heterocycles. The summed E-state index contributed by atoms with van der Waals surface area (Å²) in [5, 5.41) is 9.27. The third-order valence-electron chi connectivity index (χ3n) is 5.32. The van der Waals surface area contributed by atoms with Crippen LogP contribution >= 0.6 is 0 Å². The molecule has 0 bridgehead atoms. The molecule has 3 heteroatoms. The molecule has 1 N–H and O–H groups in total. The van der Waals surface area contributed by atoms with Gasteiger partial charge in [0.25, 0.3) is 0 Å². The first-order valence-corrected chi connectivity index (χ1v) is 9.80. The van der Waals surface area contributed by atoms with Gasteiger partial charge in [0, 0.05) is 12.2 Å². The van der Waals surface area contributed by atoms with Crippen molar-refractivity contribution in [2.75, 3.05) is 6.61 Å². The largest absolute Gasteiger partial charge is 0.423 e. The average molecular weight is 364 g/mol. The van der Waals surface area contributed by atoms with Gasteiger partial charge in [0.05, 0.1) is 0 Å². The molecule has 0 heterocycles. The van der Waals surface area contributed by atoms with E-state index in [0.29, 0.717) is 23.7 Å². The Morgan fingerprint density at radius 3 is 2.37 bits per heavy atom. The van der Waals surface area contributed by atoms with Crippen LogP contribution in [-0.2, 0) is 11.2 Å². The molecule has 0 radical (unpaired) electrons. The van der Waals surface area contributed by atoms with Crippen molar-refractivity contribution in [2.24, 2.45) is 0 Å². The summed E-state index contributed by atoms with van der Waals surface area (Å²) in [6.45, 7) is 5.27. The normalized spacial score (nSPS) is 14.7. The summed E-state index contributed by atoms with van der Waals surface area (Å²) in [4.78, 5) is 12.0. The molecule has 1 saturated carbocycles. The van der Waals surface area contributed by atoms with Crippen molar-refractivity contribution in [3.8, 4) is 16.9 Å². The fourth-order valence-electron chi connectivity index (χ4n) is 3.73. The predicted molar refractivity (Wildman–Crippen MR) is 109 cm³/mol. The summed E-state index contributed by atoms with van der Waals surface area (Å²) in [5.74, 6) is 0.733. The van der Waals surface area contributed by atoms with E-state index < -0.39 is 5.97 Å². The van der Waals surface area contributed by atoms with Crippen molar-refractivity contribution in [3.05, 3.63) is 65.7 Å². The number of ether oxygens (including phenoxy) is 1. The maximum Gasteiger partial charge on any atom is 0.338 e. The molecule has 27 heavy (non-hydrogen) atoms. The molecule has 0 atom stereocenters. The van der Waals surface area contributed by atoms with Crippen molar-refractivity contribution < 1.29 is 14.6 Å². The van der Waals surface area contributed by atoms with Crippen molar-refractivity contribution in [3.63, 3.8) is 0 Å². The minimum absolute atomic E-state index is 0.00700. The summed E-state index contributed by atoms with van der Waals surface area (Å²) in [7, 11) is 0. The molecule has 3 nitrogen and oxygen atoms in total. The first-order chi connectivity index (χ1) is 13.1.